The Balaban J connectivity index is 1.74. The van der Waals surface area contributed by atoms with Gasteiger partial charge in [0.05, 0.1) is 18.3 Å². The van der Waals surface area contributed by atoms with Gasteiger partial charge in [0.25, 0.3) is 0 Å². The van der Waals surface area contributed by atoms with Crippen molar-refractivity contribution < 1.29 is 13.7 Å². The highest BCUT2D eigenvalue weighted by molar-refractivity contribution is 7.85. The van der Waals surface area contributed by atoms with Gasteiger partial charge in [0.2, 0.25) is 0 Å². The monoisotopic (exact) mass is 526 g/mol. The molecular formula is C30H23O3PS2. The van der Waals surface area contributed by atoms with Crippen LogP contribution in [-0.2, 0) is 4.57 Å². The fourth-order valence-electron chi connectivity index (χ4n) is 4.72. The minimum Gasteiger partial charge on any atom is -0.497 e. The van der Waals surface area contributed by atoms with Crippen molar-refractivity contribution in [2.45, 2.75) is 5.92 Å². The van der Waals surface area contributed by atoms with E-state index >= 15 is 4.57 Å². The Morgan fingerprint density at radius 2 is 1.33 bits per heavy atom. The van der Waals surface area contributed by atoms with Crippen LogP contribution in [0.4, 0.5) is 0 Å². The third-order valence-electron chi connectivity index (χ3n) is 6.37. The van der Waals surface area contributed by atoms with Gasteiger partial charge in [-0.15, -0.1) is 22.7 Å². The Hall–Kier alpha value is -3.37. The average molecular weight is 527 g/mol. The van der Waals surface area contributed by atoms with Crippen LogP contribution in [0.25, 0.3) is 11.0 Å². The highest BCUT2D eigenvalue weighted by Crippen LogP contribution is 2.50. The highest BCUT2D eigenvalue weighted by atomic mass is 32.1. The Labute approximate surface area is 218 Å². The summed E-state index contributed by atoms with van der Waals surface area (Å²) in [7, 11) is -1.67. The van der Waals surface area contributed by atoms with Gasteiger partial charge in [-0.2, -0.15) is 0 Å². The second kappa shape index (κ2) is 9.59. The Morgan fingerprint density at radius 3 is 1.83 bits per heavy atom. The summed E-state index contributed by atoms with van der Waals surface area (Å²) in [5, 5.41) is 7.33. The van der Waals surface area contributed by atoms with Crippen molar-refractivity contribution in [1.82, 2.24) is 0 Å². The second-order valence-corrected chi connectivity index (χ2v) is 13.1. The van der Waals surface area contributed by atoms with Crippen LogP contribution in [0.5, 0.6) is 5.75 Å². The van der Waals surface area contributed by atoms with Gasteiger partial charge < -0.3 is 13.7 Å². The minimum absolute atomic E-state index is 0.167. The summed E-state index contributed by atoms with van der Waals surface area (Å²) in [6.45, 7) is 0. The number of thiophene rings is 2. The molecule has 0 saturated heterocycles. The number of fused-ring (bicyclic) bond motifs is 1. The van der Waals surface area contributed by atoms with Crippen molar-refractivity contribution in [3.63, 3.8) is 0 Å². The molecule has 36 heavy (non-hydrogen) atoms. The van der Waals surface area contributed by atoms with E-state index in [0.717, 1.165) is 36.8 Å². The molecule has 0 aliphatic heterocycles. The molecule has 3 heterocycles. The molecule has 0 amide bonds. The molecule has 6 rings (SSSR count). The lowest BCUT2D eigenvalue weighted by Crippen LogP contribution is -2.27. The smallest absolute Gasteiger partial charge is 0.175 e. The normalized spacial score (nSPS) is 11.8. The van der Waals surface area contributed by atoms with E-state index in [4.69, 9.17) is 9.15 Å². The standard InChI is InChI=1S/C30H23O3PS2/c1-32-21-16-17-24-25(20-21)33-29(28(26-14-8-18-35-26)27-15-9-19-36-27)30(24)34(31,22-10-4-2-5-11-22)23-12-6-3-7-13-23/h2-20,28H,1H3. The van der Waals surface area contributed by atoms with Gasteiger partial charge in [-0.25, -0.2) is 0 Å². The zero-order valence-electron chi connectivity index (χ0n) is 19.5. The number of rotatable bonds is 7. The van der Waals surface area contributed by atoms with Gasteiger partial charge in [-0.1, -0.05) is 72.8 Å². The summed E-state index contributed by atoms with van der Waals surface area (Å²) in [5.74, 6) is 1.26. The van der Waals surface area contributed by atoms with Crippen molar-refractivity contribution in [2.75, 3.05) is 7.11 Å². The van der Waals surface area contributed by atoms with Crippen molar-refractivity contribution in [1.29, 1.82) is 0 Å². The van der Waals surface area contributed by atoms with Gasteiger partial charge in [0.15, 0.2) is 7.14 Å². The number of benzene rings is 3. The lowest BCUT2D eigenvalue weighted by atomic mass is 10.0. The molecule has 0 unspecified atom stereocenters. The number of furan rings is 1. The molecule has 0 N–H and O–H groups in total. The summed E-state index contributed by atoms with van der Waals surface area (Å²) in [4.78, 5) is 2.30. The van der Waals surface area contributed by atoms with E-state index in [9.17, 15) is 0 Å². The quantitative estimate of drug-likeness (QED) is 0.204. The zero-order chi connectivity index (χ0) is 24.5. The molecule has 0 bridgehead atoms. The fraction of sp³-hybridized carbons (Fsp3) is 0.0667. The number of hydrogen-bond donors (Lipinski definition) is 0. The lowest BCUT2D eigenvalue weighted by molar-refractivity contribution is 0.414. The SMILES string of the molecule is COc1ccc2c(P(=O)(c3ccccc3)c3ccccc3)c(C(c3cccs3)c3cccs3)oc2c1. The maximum Gasteiger partial charge on any atom is 0.175 e. The number of ether oxygens (including phenoxy) is 1. The van der Waals surface area contributed by atoms with Crippen LogP contribution < -0.4 is 20.7 Å². The molecule has 0 radical (unpaired) electrons. The molecule has 0 atom stereocenters. The van der Waals surface area contributed by atoms with E-state index in [1.165, 1.54) is 0 Å². The van der Waals surface area contributed by atoms with Crippen molar-refractivity contribution in [3.8, 4) is 5.75 Å². The van der Waals surface area contributed by atoms with Crippen molar-refractivity contribution in [2.24, 2.45) is 0 Å². The van der Waals surface area contributed by atoms with Crippen LogP contribution in [0, 0.1) is 0 Å². The maximum absolute atomic E-state index is 15.6. The van der Waals surface area contributed by atoms with Crippen LogP contribution in [0.2, 0.25) is 0 Å². The predicted octanol–water partition coefficient (Wildman–Crippen LogP) is 7.38. The Morgan fingerprint density at radius 1 is 0.750 bits per heavy atom. The molecule has 0 spiro atoms. The molecule has 3 aromatic heterocycles. The summed E-state index contributed by atoms with van der Waals surface area (Å²) in [6, 6.07) is 33.7. The minimum atomic E-state index is -3.32. The van der Waals surface area contributed by atoms with Gasteiger partial charge >= 0.3 is 0 Å². The zero-order valence-corrected chi connectivity index (χ0v) is 22.1. The molecule has 0 aliphatic rings. The lowest BCUT2D eigenvalue weighted by Gasteiger charge is -2.22. The molecule has 0 aliphatic carbocycles. The summed E-state index contributed by atoms with van der Waals surface area (Å²) in [5.41, 5.74) is 0.671. The first-order valence-corrected chi connectivity index (χ1v) is 15.1. The van der Waals surface area contributed by atoms with E-state index in [-0.39, 0.29) is 5.92 Å². The topological polar surface area (TPSA) is 39.4 Å². The first-order chi connectivity index (χ1) is 17.7. The van der Waals surface area contributed by atoms with E-state index in [0.29, 0.717) is 11.3 Å². The summed E-state index contributed by atoms with van der Waals surface area (Å²) < 4.78 is 27.8. The van der Waals surface area contributed by atoms with E-state index in [1.54, 1.807) is 29.8 Å². The van der Waals surface area contributed by atoms with Crippen molar-refractivity contribution >= 4 is 56.7 Å². The molecule has 3 nitrogen and oxygen atoms in total. The van der Waals surface area contributed by atoms with Crippen molar-refractivity contribution in [3.05, 3.63) is 129 Å². The Bertz CT molecular complexity index is 1560. The van der Waals surface area contributed by atoms with Crippen LogP contribution in [-0.4, -0.2) is 7.11 Å². The molecule has 3 aromatic carbocycles. The number of methoxy groups -OCH3 is 1. The third kappa shape index (κ3) is 3.84. The predicted molar refractivity (Wildman–Crippen MR) is 152 cm³/mol. The van der Waals surface area contributed by atoms with Gasteiger partial charge in [0.1, 0.15) is 17.1 Å². The van der Waals surface area contributed by atoms with Crippen LogP contribution in [0.3, 0.4) is 0 Å². The fourth-order valence-corrected chi connectivity index (χ4v) is 9.49. The van der Waals surface area contributed by atoms with Crippen LogP contribution >= 0.6 is 29.8 Å². The molecule has 178 valence electrons. The van der Waals surface area contributed by atoms with Gasteiger partial charge in [-0.3, -0.25) is 0 Å². The largest absolute Gasteiger partial charge is 0.497 e. The van der Waals surface area contributed by atoms with Crippen LogP contribution in [0.15, 0.2) is 118 Å². The molecule has 0 saturated carbocycles. The molecule has 0 fully saturated rings. The first kappa shape index (κ1) is 23.1. The van der Waals surface area contributed by atoms with E-state index < -0.39 is 7.14 Å². The number of hydrogen-bond acceptors (Lipinski definition) is 5. The molecule has 6 heteroatoms. The third-order valence-corrected chi connectivity index (χ3v) is 11.4. The van der Waals surface area contributed by atoms with Gasteiger partial charge in [0, 0.05) is 31.8 Å². The van der Waals surface area contributed by atoms with Gasteiger partial charge in [-0.05, 0) is 35.0 Å². The molecular weight excluding hydrogens is 503 g/mol. The summed E-state index contributed by atoms with van der Waals surface area (Å²) in [6.07, 6.45) is 0. The van der Waals surface area contributed by atoms with E-state index in [1.807, 2.05) is 78.9 Å². The Kier molecular flexibility index (Phi) is 6.14. The van der Waals surface area contributed by atoms with Crippen LogP contribution in [0.1, 0.15) is 21.4 Å². The first-order valence-electron chi connectivity index (χ1n) is 11.6. The summed E-state index contributed by atoms with van der Waals surface area (Å²) >= 11 is 3.37. The highest BCUT2D eigenvalue weighted by Gasteiger charge is 2.39. The average Bonchev–Trinajstić information content (AvgIpc) is 3.71. The molecule has 6 aromatic rings. The van der Waals surface area contributed by atoms with E-state index in [2.05, 4.69) is 35.0 Å². The maximum atomic E-state index is 15.6. The second-order valence-electron chi connectivity index (χ2n) is 8.42.